The van der Waals surface area contributed by atoms with E-state index in [4.69, 9.17) is 5.26 Å². The molecule has 3 unspecified atom stereocenters. The maximum absolute atomic E-state index is 13.7. The van der Waals surface area contributed by atoms with Crippen LogP contribution in [0.25, 0.3) is 11.1 Å². The lowest BCUT2D eigenvalue weighted by atomic mass is 10.00. The van der Waals surface area contributed by atoms with Crippen molar-refractivity contribution in [2.24, 2.45) is 0 Å². The quantitative estimate of drug-likeness (QED) is 0.616. The van der Waals surface area contributed by atoms with Crippen LogP contribution in [-0.4, -0.2) is 38.8 Å². The maximum atomic E-state index is 13.7. The Labute approximate surface area is 185 Å². The van der Waals surface area contributed by atoms with Crippen LogP contribution in [0.5, 0.6) is 0 Å². The summed E-state index contributed by atoms with van der Waals surface area (Å²) in [5.41, 5.74) is 1.18. The number of halogens is 3. The van der Waals surface area contributed by atoms with E-state index in [0.717, 1.165) is 6.26 Å². The normalized spacial score (nSPS) is 14.8. The molecule has 0 fully saturated rings. The number of carbonyl (C=O) groups is 1. The van der Waals surface area contributed by atoms with Crippen LogP contribution in [0.1, 0.15) is 31.9 Å². The Hall–Kier alpha value is -2.90. The van der Waals surface area contributed by atoms with Gasteiger partial charge in [-0.15, -0.1) is 0 Å². The molecule has 0 aromatic heterocycles. The Morgan fingerprint density at radius 3 is 1.97 bits per heavy atom. The van der Waals surface area contributed by atoms with Crippen LogP contribution in [0, 0.1) is 11.3 Å². The minimum absolute atomic E-state index is 0.0824. The molecular weight excluding hydrogens is 443 g/mol. The Morgan fingerprint density at radius 2 is 1.56 bits per heavy atom. The fraction of sp³-hybridized carbons (Fsp3) is 0.364. The van der Waals surface area contributed by atoms with Crippen LogP contribution in [0.4, 0.5) is 13.2 Å². The van der Waals surface area contributed by atoms with Gasteiger partial charge in [-0.1, -0.05) is 43.3 Å². The monoisotopic (exact) mass is 467 g/mol. The Kier molecular flexibility index (Phi) is 8.04. The minimum atomic E-state index is -4.66. The summed E-state index contributed by atoms with van der Waals surface area (Å²) in [6.07, 6.45) is -3.23. The average molecular weight is 468 g/mol. The zero-order chi connectivity index (χ0) is 24.1. The summed E-state index contributed by atoms with van der Waals surface area (Å²) in [5, 5.41) is 13.6. The van der Waals surface area contributed by atoms with Crippen molar-refractivity contribution in [3.05, 3.63) is 54.1 Å². The second-order valence-corrected chi connectivity index (χ2v) is 9.40. The SMILES string of the molecule is CCC(C#N)NC(=O)C(C)NC(c1ccc(-c2ccc(S(C)(=O)=O)cc2)cc1)C(F)(F)F. The zero-order valence-electron chi connectivity index (χ0n) is 17.8. The van der Waals surface area contributed by atoms with Crippen molar-refractivity contribution in [2.75, 3.05) is 6.26 Å². The van der Waals surface area contributed by atoms with Crippen molar-refractivity contribution in [1.29, 1.82) is 5.26 Å². The summed E-state index contributed by atoms with van der Waals surface area (Å²) in [6.45, 7) is 2.98. The van der Waals surface area contributed by atoms with E-state index in [1.54, 1.807) is 19.1 Å². The van der Waals surface area contributed by atoms with Crippen LogP contribution < -0.4 is 10.6 Å². The van der Waals surface area contributed by atoms with Gasteiger partial charge in [0.15, 0.2) is 9.84 Å². The Morgan fingerprint density at radius 1 is 1.06 bits per heavy atom. The summed E-state index contributed by atoms with van der Waals surface area (Å²) in [7, 11) is -3.35. The highest BCUT2D eigenvalue weighted by Crippen LogP contribution is 2.34. The zero-order valence-corrected chi connectivity index (χ0v) is 18.6. The highest BCUT2D eigenvalue weighted by atomic mass is 32.2. The summed E-state index contributed by atoms with van der Waals surface area (Å²) in [5.74, 6) is -0.699. The van der Waals surface area contributed by atoms with Gasteiger partial charge in [0.1, 0.15) is 12.1 Å². The number of nitriles is 1. The third-order valence-corrected chi connectivity index (χ3v) is 6.01. The van der Waals surface area contributed by atoms with E-state index < -0.39 is 40.0 Å². The Bertz CT molecular complexity index is 1080. The highest BCUT2D eigenvalue weighted by molar-refractivity contribution is 7.90. The molecule has 10 heteroatoms. The van der Waals surface area contributed by atoms with Crippen molar-refractivity contribution in [2.45, 2.75) is 49.5 Å². The lowest BCUT2D eigenvalue weighted by Crippen LogP contribution is -2.49. The molecular formula is C22H24F3N3O3S. The topological polar surface area (TPSA) is 99.1 Å². The Balaban J connectivity index is 2.22. The smallest absolute Gasteiger partial charge is 0.339 e. The van der Waals surface area contributed by atoms with Gasteiger partial charge in [0.25, 0.3) is 0 Å². The lowest BCUT2D eigenvalue weighted by molar-refractivity contribution is -0.160. The van der Waals surface area contributed by atoms with E-state index in [9.17, 15) is 26.4 Å². The fourth-order valence-electron chi connectivity index (χ4n) is 2.99. The number of amides is 1. The number of sulfone groups is 1. The molecule has 3 atom stereocenters. The van der Waals surface area contributed by atoms with Crippen molar-refractivity contribution in [3.8, 4) is 17.2 Å². The average Bonchev–Trinajstić information content (AvgIpc) is 2.74. The van der Waals surface area contributed by atoms with E-state index in [-0.39, 0.29) is 10.5 Å². The van der Waals surface area contributed by atoms with Crippen LogP contribution in [0.3, 0.4) is 0 Å². The summed E-state index contributed by atoms with van der Waals surface area (Å²) < 4.78 is 64.2. The van der Waals surface area contributed by atoms with Crippen LogP contribution >= 0.6 is 0 Å². The van der Waals surface area contributed by atoms with Crippen molar-refractivity contribution < 1.29 is 26.4 Å². The first-order chi connectivity index (χ1) is 14.9. The molecule has 0 saturated carbocycles. The molecule has 0 bridgehead atoms. The van der Waals surface area contributed by atoms with E-state index in [1.165, 1.54) is 43.3 Å². The molecule has 2 aromatic carbocycles. The van der Waals surface area contributed by atoms with Gasteiger partial charge < -0.3 is 5.32 Å². The van der Waals surface area contributed by atoms with Gasteiger partial charge in [-0.3, -0.25) is 10.1 Å². The molecule has 32 heavy (non-hydrogen) atoms. The minimum Gasteiger partial charge on any atom is -0.339 e. The first kappa shape index (κ1) is 25.4. The highest BCUT2D eigenvalue weighted by Gasteiger charge is 2.42. The van der Waals surface area contributed by atoms with Gasteiger partial charge >= 0.3 is 6.18 Å². The second-order valence-electron chi connectivity index (χ2n) is 7.38. The summed E-state index contributed by atoms with van der Waals surface area (Å²) in [6, 6.07) is 9.46. The van der Waals surface area contributed by atoms with Gasteiger partial charge in [-0.2, -0.15) is 18.4 Å². The fourth-order valence-corrected chi connectivity index (χ4v) is 3.62. The molecule has 0 heterocycles. The molecule has 2 rings (SSSR count). The lowest BCUT2D eigenvalue weighted by Gasteiger charge is -2.26. The van der Waals surface area contributed by atoms with Gasteiger partial charge in [-0.05, 0) is 42.2 Å². The van der Waals surface area contributed by atoms with Crippen LogP contribution in [0.2, 0.25) is 0 Å². The van der Waals surface area contributed by atoms with Gasteiger partial charge in [0, 0.05) is 6.26 Å². The largest absolute Gasteiger partial charge is 0.407 e. The molecule has 2 N–H and O–H groups in total. The van der Waals surface area contributed by atoms with E-state index in [1.807, 2.05) is 6.07 Å². The van der Waals surface area contributed by atoms with E-state index in [2.05, 4.69) is 10.6 Å². The number of nitrogens with zero attached hydrogens (tertiary/aromatic N) is 1. The first-order valence-corrected chi connectivity index (χ1v) is 11.7. The molecule has 1 amide bonds. The summed E-state index contributed by atoms with van der Waals surface area (Å²) >= 11 is 0. The molecule has 0 saturated heterocycles. The number of carbonyl (C=O) groups excluding carboxylic acids is 1. The predicted octanol–water partition coefficient (Wildman–Crippen LogP) is 3.76. The molecule has 2 aromatic rings. The van der Waals surface area contributed by atoms with E-state index in [0.29, 0.717) is 17.5 Å². The number of rotatable bonds is 8. The van der Waals surface area contributed by atoms with Crippen LogP contribution in [-0.2, 0) is 14.6 Å². The van der Waals surface area contributed by atoms with Gasteiger partial charge in [-0.25, -0.2) is 8.42 Å². The van der Waals surface area contributed by atoms with Crippen molar-refractivity contribution in [3.63, 3.8) is 0 Å². The first-order valence-electron chi connectivity index (χ1n) is 9.80. The molecule has 0 spiro atoms. The van der Waals surface area contributed by atoms with Crippen molar-refractivity contribution in [1.82, 2.24) is 10.6 Å². The summed E-state index contributed by atoms with van der Waals surface area (Å²) in [4.78, 5) is 12.3. The van der Waals surface area contributed by atoms with Gasteiger partial charge in [0.2, 0.25) is 5.91 Å². The predicted molar refractivity (Wildman–Crippen MR) is 114 cm³/mol. The standard InChI is InChI=1S/C22H24F3N3O3S/c1-4-18(13-26)28-21(29)14(2)27-20(22(23,24)25)17-7-5-15(6-8-17)16-9-11-19(12-10-16)32(3,30)31/h5-12,14,18,20,27H,4H2,1-3H3,(H,28,29). The number of alkyl halides is 3. The molecule has 0 aliphatic rings. The molecule has 172 valence electrons. The van der Waals surface area contributed by atoms with Crippen molar-refractivity contribution >= 4 is 15.7 Å². The molecule has 0 radical (unpaired) electrons. The van der Waals surface area contributed by atoms with Gasteiger partial charge in [0.05, 0.1) is 17.0 Å². The second kappa shape index (κ2) is 10.1. The molecule has 0 aliphatic heterocycles. The van der Waals surface area contributed by atoms with E-state index >= 15 is 0 Å². The molecule has 0 aliphatic carbocycles. The number of hydrogen-bond donors (Lipinski definition) is 2. The maximum Gasteiger partial charge on any atom is 0.407 e. The molecule has 6 nitrogen and oxygen atoms in total. The number of hydrogen-bond acceptors (Lipinski definition) is 5. The third kappa shape index (κ3) is 6.55. The third-order valence-electron chi connectivity index (χ3n) is 4.88. The number of benzene rings is 2. The van der Waals surface area contributed by atoms with Crippen LogP contribution in [0.15, 0.2) is 53.4 Å². The number of nitrogens with one attached hydrogen (secondary N) is 2.